The molecule has 0 aromatic heterocycles. The van der Waals surface area contributed by atoms with Gasteiger partial charge in [0.25, 0.3) is 0 Å². The lowest BCUT2D eigenvalue weighted by molar-refractivity contribution is -0.122. The second-order valence-electron chi connectivity index (χ2n) is 4.71. The minimum atomic E-state index is -3.81. The number of carbonyl (C=O) groups excluding carboxylic acids is 1. The highest BCUT2D eigenvalue weighted by molar-refractivity contribution is 7.91. The maximum Gasteiger partial charge on any atom is 0.231 e. The lowest BCUT2D eigenvalue weighted by atomic mass is 9.95. The molecule has 1 aliphatic heterocycles. The van der Waals surface area contributed by atoms with E-state index in [0.717, 1.165) is 6.07 Å². The molecule has 0 bridgehead atoms. The van der Waals surface area contributed by atoms with E-state index in [2.05, 4.69) is 5.32 Å². The van der Waals surface area contributed by atoms with Gasteiger partial charge in [-0.1, -0.05) is 19.9 Å². The number of hydrogen-bond acceptors (Lipinski definition) is 3. The van der Waals surface area contributed by atoms with Crippen molar-refractivity contribution in [3.8, 4) is 0 Å². The van der Waals surface area contributed by atoms with Gasteiger partial charge in [-0.2, -0.15) is 0 Å². The molecule has 1 heterocycles. The van der Waals surface area contributed by atoms with Crippen LogP contribution in [0.3, 0.4) is 0 Å². The van der Waals surface area contributed by atoms with E-state index < -0.39 is 37.6 Å². The van der Waals surface area contributed by atoms with E-state index in [1.165, 1.54) is 26.0 Å². The van der Waals surface area contributed by atoms with Crippen LogP contribution in [0, 0.1) is 11.2 Å². The van der Waals surface area contributed by atoms with Crippen molar-refractivity contribution < 1.29 is 17.6 Å². The number of rotatable bonds is 0. The van der Waals surface area contributed by atoms with Crippen LogP contribution in [0.1, 0.15) is 13.8 Å². The van der Waals surface area contributed by atoms with Crippen molar-refractivity contribution in [1.29, 1.82) is 0 Å². The Hall–Kier alpha value is -1.43. The summed E-state index contributed by atoms with van der Waals surface area (Å²) in [6, 6.07) is 3.82. The number of halogens is 1. The van der Waals surface area contributed by atoms with Crippen molar-refractivity contribution in [2.75, 3.05) is 11.1 Å². The number of amides is 1. The van der Waals surface area contributed by atoms with Crippen LogP contribution < -0.4 is 5.32 Å². The number of anilines is 1. The van der Waals surface area contributed by atoms with Crippen LogP contribution in [0.4, 0.5) is 10.1 Å². The second kappa shape index (κ2) is 3.53. The fourth-order valence-electron chi connectivity index (χ4n) is 1.83. The Morgan fingerprint density at radius 3 is 2.65 bits per heavy atom. The molecular formula is C11H12FNO3S. The summed E-state index contributed by atoms with van der Waals surface area (Å²) in [5.74, 6) is -1.66. The topological polar surface area (TPSA) is 63.2 Å². The minimum absolute atomic E-state index is 0.0144. The molecule has 1 aromatic carbocycles. The predicted molar refractivity (Wildman–Crippen MR) is 60.9 cm³/mol. The van der Waals surface area contributed by atoms with Gasteiger partial charge in [0.1, 0.15) is 10.7 Å². The Kier molecular flexibility index (Phi) is 2.50. The number of nitrogens with one attached hydrogen (secondary N) is 1. The summed E-state index contributed by atoms with van der Waals surface area (Å²) >= 11 is 0. The van der Waals surface area contributed by atoms with Gasteiger partial charge in [0.05, 0.1) is 16.9 Å². The third-order valence-corrected chi connectivity index (χ3v) is 4.83. The monoisotopic (exact) mass is 257 g/mol. The third kappa shape index (κ3) is 1.93. The van der Waals surface area contributed by atoms with Crippen LogP contribution in [-0.4, -0.2) is 20.1 Å². The van der Waals surface area contributed by atoms with E-state index in [9.17, 15) is 17.6 Å². The Bertz CT molecular complexity index is 593. The van der Waals surface area contributed by atoms with Crippen molar-refractivity contribution in [3.05, 3.63) is 24.0 Å². The van der Waals surface area contributed by atoms with Gasteiger partial charge >= 0.3 is 0 Å². The largest absolute Gasteiger partial charge is 0.324 e. The summed E-state index contributed by atoms with van der Waals surface area (Å²) in [5.41, 5.74) is -1.06. The smallest absolute Gasteiger partial charge is 0.231 e. The maximum atomic E-state index is 13.6. The van der Waals surface area contributed by atoms with Crippen LogP contribution in [-0.2, 0) is 14.6 Å². The number of benzene rings is 1. The number of carbonyl (C=O) groups is 1. The third-order valence-electron chi connectivity index (χ3n) is 2.69. The Labute approximate surface area is 98.8 Å². The average molecular weight is 257 g/mol. The van der Waals surface area contributed by atoms with E-state index >= 15 is 0 Å². The van der Waals surface area contributed by atoms with Crippen molar-refractivity contribution in [3.63, 3.8) is 0 Å². The van der Waals surface area contributed by atoms with E-state index in [-0.39, 0.29) is 5.69 Å². The number of hydrogen-bond donors (Lipinski definition) is 1. The van der Waals surface area contributed by atoms with Gasteiger partial charge < -0.3 is 5.32 Å². The van der Waals surface area contributed by atoms with Crippen LogP contribution in [0.15, 0.2) is 23.1 Å². The molecule has 17 heavy (non-hydrogen) atoms. The fourth-order valence-corrected chi connectivity index (χ4v) is 3.87. The molecule has 0 radical (unpaired) electrons. The highest BCUT2D eigenvalue weighted by Gasteiger charge is 2.40. The lowest BCUT2D eigenvalue weighted by Gasteiger charge is -2.18. The highest BCUT2D eigenvalue weighted by Crippen LogP contribution is 2.34. The Balaban J connectivity index is 2.73. The molecule has 1 N–H and O–H groups in total. The molecule has 0 saturated heterocycles. The van der Waals surface area contributed by atoms with Gasteiger partial charge in [-0.3, -0.25) is 4.79 Å². The van der Waals surface area contributed by atoms with Gasteiger partial charge in [0.15, 0.2) is 9.84 Å². The summed E-state index contributed by atoms with van der Waals surface area (Å²) < 4.78 is 37.7. The van der Waals surface area contributed by atoms with E-state index in [1.807, 2.05) is 0 Å². The van der Waals surface area contributed by atoms with Crippen molar-refractivity contribution >= 4 is 21.4 Å². The molecule has 0 spiro atoms. The van der Waals surface area contributed by atoms with Gasteiger partial charge in [0.2, 0.25) is 5.91 Å². The summed E-state index contributed by atoms with van der Waals surface area (Å²) in [4.78, 5) is 11.4. The first-order valence-corrected chi connectivity index (χ1v) is 6.72. The summed E-state index contributed by atoms with van der Waals surface area (Å²) in [6.45, 7) is 3.04. The molecule has 0 fully saturated rings. The molecule has 2 rings (SSSR count). The van der Waals surface area contributed by atoms with E-state index in [4.69, 9.17) is 0 Å². The molecule has 0 aliphatic carbocycles. The average Bonchev–Trinajstić information content (AvgIpc) is 2.20. The Morgan fingerprint density at radius 1 is 1.35 bits per heavy atom. The van der Waals surface area contributed by atoms with Crippen molar-refractivity contribution in [1.82, 2.24) is 0 Å². The van der Waals surface area contributed by atoms with Gasteiger partial charge in [-0.25, -0.2) is 12.8 Å². The summed E-state index contributed by atoms with van der Waals surface area (Å²) in [5, 5.41) is 2.45. The zero-order valence-electron chi connectivity index (χ0n) is 9.45. The molecule has 1 aliphatic rings. The molecule has 0 saturated carbocycles. The number of fused-ring (bicyclic) bond motifs is 1. The molecule has 1 amide bonds. The lowest BCUT2D eigenvalue weighted by Crippen LogP contribution is -2.34. The van der Waals surface area contributed by atoms with Crippen LogP contribution in [0.5, 0.6) is 0 Å². The normalized spacial score (nSPS) is 21.2. The van der Waals surface area contributed by atoms with E-state index in [0.29, 0.717) is 0 Å². The molecule has 0 atom stereocenters. The molecular weight excluding hydrogens is 245 g/mol. The van der Waals surface area contributed by atoms with Crippen molar-refractivity contribution in [2.45, 2.75) is 18.7 Å². The fraction of sp³-hybridized carbons (Fsp3) is 0.364. The maximum absolute atomic E-state index is 13.6. The van der Waals surface area contributed by atoms with Gasteiger partial charge in [-0.05, 0) is 12.1 Å². The first-order valence-electron chi connectivity index (χ1n) is 5.07. The number of sulfone groups is 1. The zero-order valence-corrected chi connectivity index (χ0v) is 10.3. The van der Waals surface area contributed by atoms with Crippen LogP contribution >= 0.6 is 0 Å². The SMILES string of the molecule is CC1(C)CS(=O)(=O)c2c(F)cccc2NC1=O. The molecule has 1 aromatic rings. The summed E-state index contributed by atoms with van der Waals surface area (Å²) in [6.07, 6.45) is 0. The van der Waals surface area contributed by atoms with Crippen LogP contribution in [0.2, 0.25) is 0 Å². The van der Waals surface area contributed by atoms with Crippen LogP contribution in [0.25, 0.3) is 0 Å². The van der Waals surface area contributed by atoms with Gasteiger partial charge in [0, 0.05) is 0 Å². The first-order chi connectivity index (χ1) is 7.74. The zero-order chi connectivity index (χ0) is 12.8. The van der Waals surface area contributed by atoms with Gasteiger partial charge in [-0.15, -0.1) is 0 Å². The predicted octanol–water partition coefficient (Wildman–Crippen LogP) is 1.58. The summed E-state index contributed by atoms with van der Waals surface area (Å²) in [7, 11) is -3.81. The highest BCUT2D eigenvalue weighted by atomic mass is 32.2. The minimum Gasteiger partial charge on any atom is -0.324 e. The Morgan fingerprint density at radius 2 is 2.00 bits per heavy atom. The molecule has 92 valence electrons. The molecule has 4 nitrogen and oxygen atoms in total. The molecule has 6 heteroatoms. The van der Waals surface area contributed by atoms with Crippen molar-refractivity contribution in [2.24, 2.45) is 5.41 Å². The standard InChI is InChI=1S/C11H12FNO3S/c1-11(2)6-17(15,16)9-7(12)4-3-5-8(9)13-10(11)14/h3-5H,6H2,1-2H3,(H,13,14). The van der Waals surface area contributed by atoms with E-state index in [1.54, 1.807) is 0 Å². The quantitative estimate of drug-likeness (QED) is 0.767. The first kappa shape index (κ1) is 12.0. The molecule has 0 unspecified atom stereocenters. The second-order valence-corrected chi connectivity index (χ2v) is 6.64.